The van der Waals surface area contributed by atoms with Crippen molar-refractivity contribution < 1.29 is 18.7 Å². The molecule has 4 heterocycles. The molecule has 36 heavy (non-hydrogen) atoms. The molecule has 0 unspecified atom stereocenters. The number of furan rings is 1. The van der Waals surface area contributed by atoms with Gasteiger partial charge in [-0.05, 0) is 56.7 Å². The van der Waals surface area contributed by atoms with E-state index in [2.05, 4.69) is 5.10 Å². The van der Waals surface area contributed by atoms with Gasteiger partial charge in [-0.25, -0.2) is 9.67 Å². The number of hydrogen-bond donors (Lipinski definition) is 0. The van der Waals surface area contributed by atoms with Crippen LogP contribution in [0, 0.1) is 6.92 Å². The maximum Gasteiger partial charge on any atom is 0.254 e. The molecule has 1 saturated heterocycles. The van der Waals surface area contributed by atoms with Gasteiger partial charge in [-0.15, -0.1) is 0 Å². The van der Waals surface area contributed by atoms with Crippen molar-refractivity contribution in [2.24, 2.45) is 0 Å². The minimum absolute atomic E-state index is 0.0648. The lowest BCUT2D eigenvalue weighted by molar-refractivity contribution is 0.0536. The number of nitrogens with zero attached hydrogens (tertiary/aromatic N) is 5. The molecule has 0 aliphatic carbocycles. The van der Waals surface area contributed by atoms with Crippen LogP contribution in [0.1, 0.15) is 46.2 Å². The number of benzene rings is 1. The van der Waals surface area contributed by atoms with Crippen molar-refractivity contribution in [1.29, 1.82) is 0 Å². The molecule has 1 aliphatic heterocycles. The fourth-order valence-corrected chi connectivity index (χ4v) is 4.54. The quantitative estimate of drug-likeness (QED) is 0.419. The normalized spacial score (nSPS) is 14.0. The fraction of sp³-hybridized carbons (Fsp3) is 0.333. The molecule has 3 aromatic heterocycles. The smallest absolute Gasteiger partial charge is 0.254 e. The van der Waals surface area contributed by atoms with E-state index in [9.17, 15) is 9.59 Å². The Kier molecular flexibility index (Phi) is 6.22. The minimum atomic E-state index is -0.109. The van der Waals surface area contributed by atoms with E-state index in [1.54, 1.807) is 47.6 Å². The molecule has 186 valence electrons. The van der Waals surface area contributed by atoms with Crippen LogP contribution in [0.3, 0.4) is 0 Å². The number of aryl methyl sites for hydroxylation is 1. The molecule has 1 aliphatic rings. The summed E-state index contributed by atoms with van der Waals surface area (Å²) in [6, 6.07) is 10.9. The molecule has 0 saturated carbocycles. The maximum atomic E-state index is 13.7. The van der Waals surface area contributed by atoms with Crippen LogP contribution in [-0.2, 0) is 0 Å². The Morgan fingerprint density at radius 1 is 1.03 bits per heavy atom. The first kappa shape index (κ1) is 23.6. The van der Waals surface area contributed by atoms with Gasteiger partial charge in [-0.1, -0.05) is 6.07 Å². The average molecular weight is 488 g/mol. The lowest BCUT2D eigenvalue weighted by atomic mass is 10.1. The zero-order valence-electron chi connectivity index (χ0n) is 20.9. The van der Waals surface area contributed by atoms with Crippen molar-refractivity contribution in [3.63, 3.8) is 0 Å². The van der Waals surface area contributed by atoms with Crippen molar-refractivity contribution in [3.8, 4) is 17.2 Å². The van der Waals surface area contributed by atoms with Gasteiger partial charge in [0.1, 0.15) is 11.4 Å². The number of pyridine rings is 1. The minimum Gasteiger partial charge on any atom is -0.496 e. The van der Waals surface area contributed by atoms with Crippen LogP contribution in [0.5, 0.6) is 5.75 Å². The van der Waals surface area contributed by atoms with E-state index in [4.69, 9.17) is 14.1 Å². The summed E-state index contributed by atoms with van der Waals surface area (Å²) >= 11 is 0. The molecule has 2 amide bonds. The molecule has 0 N–H and O–H groups in total. The first-order valence-electron chi connectivity index (χ1n) is 12.0. The standard InChI is InChI=1S/C27H29N5O4/c1-17(2)32-25-21(16-28-32)20(15-22(29-25)23-6-5-13-36-23)27(34)31-11-9-30(10-12-31)26(33)19-8-7-18(3)24(14-19)35-4/h5-8,13-17H,9-12H2,1-4H3. The van der Waals surface area contributed by atoms with Gasteiger partial charge in [0.2, 0.25) is 0 Å². The average Bonchev–Trinajstić information content (AvgIpc) is 3.58. The van der Waals surface area contributed by atoms with Gasteiger partial charge in [-0.3, -0.25) is 9.59 Å². The third kappa shape index (κ3) is 4.21. The number of amides is 2. The van der Waals surface area contributed by atoms with Crippen molar-refractivity contribution in [1.82, 2.24) is 24.6 Å². The zero-order valence-corrected chi connectivity index (χ0v) is 20.9. The SMILES string of the molecule is COc1cc(C(=O)N2CCN(C(=O)c3cc(-c4ccco4)nc4c3cnn4C(C)C)CC2)ccc1C. The number of fused-ring (bicyclic) bond motifs is 1. The van der Waals surface area contributed by atoms with Gasteiger partial charge < -0.3 is 19.0 Å². The summed E-state index contributed by atoms with van der Waals surface area (Å²) in [5.74, 6) is 1.10. The summed E-state index contributed by atoms with van der Waals surface area (Å²) in [7, 11) is 1.60. The number of ether oxygens (including phenoxy) is 1. The van der Waals surface area contributed by atoms with Crippen molar-refractivity contribution in [2.45, 2.75) is 26.8 Å². The van der Waals surface area contributed by atoms with Crippen LogP contribution < -0.4 is 4.74 Å². The molecule has 0 atom stereocenters. The Hall–Kier alpha value is -4.14. The van der Waals surface area contributed by atoms with Crippen LogP contribution in [0.2, 0.25) is 0 Å². The second-order valence-electron chi connectivity index (χ2n) is 9.22. The van der Waals surface area contributed by atoms with Crippen LogP contribution in [-0.4, -0.2) is 69.7 Å². The Balaban J connectivity index is 1.39. The second kappa shape index (κ2) is 9.49. The zero-order chi connectivity index (χ0) is 25.4. The van der Waals surface area contributed by atoms with E-state index in [-0.39, 0.29) is 17.9 Å². The highest BCUT2D eigenvalue weighted by Crippen LogP contribution is 2.28. The van der Waals surface area contributed by atoms with E-state index >= 15 is 0 Å². The van der Waals surface area contributed by atoms with Crippen molar-refractivity contribution >= 4 is 22.8 Å². The number of carbonyl (C=O) groups is 2. The van der Waals surface area contributed by atoms with Crippen LogP contribution >= 0.6 is 0 Å². The summed E-state index contributed by atoms with van der Waals surface area (Å²) in [5, 5.41) is 5.19. The third-order valence-electron chi connectivity index (χ3n) is 6.57. The van der Waals surface area contributed by atoms with Gasteiger partial charge in [0.15, 0.2) is 11.4 Å². The molecular formula is C27H29N5O4. The number of methoxy groups -OCH3 is 1. The van der Waals surface area contributed by atoms with Gasteiger partial charge in [-0.2, -0.15) is 5.10 Å². The summed E-state index contributed by atoms with van der Waals surface area (Å²) in [4.78, 5) is 35.1. The molecule has 9 nitrogen and oxygen atoms in total. The van der Waals surface area contributed by atoms with Crippen molar-refractivity contribution in [2.75, 3.05) is 33.3 Å². The Labute approximate surface area is 209 Å². The monoisotopic (exact) mass is 487 g/mol. The lowest BCUT2D eigenvalue weighted by Crippen LogP contribution is -2.50. The highest BCUT2D eigenvalue weighted by atomic mass is 16.5. The van der Waals surface area contributed by atoms with E-state index in [0.717, 1.165) is 5.56 Å². The van der Waals surface area contributed by atoms with Crippen LogP contribution in [0.4, 0.5) is 0 Å². The maximum absolute atomic E-state index is 13.7. The largest absolute Gasteiger partial charge is 0.496 e. The number of rotatable bonds is 5. The molecule has 1 fully saturated rings. The van der Waals surface area contributed by atoms with E-state index < -0.39 is 0 Å². The number of piperazine rings is 1. The van der Waals surface area contributed by atoms with Crippen LogP contribution in [0.15, 0.2) is 53.3 Å². The van der Waals surface area contributed by atoms with E-state index in [1.807, 2.05) is 43.7 Å². The highest BCUT2D eigenvalue weighted by molar-refractivity contribution is 6.06. The van der Waals surface area contributed by atoms with Crippen molar-refractivity contribution in [3.05, 3.63) is 65.5 Å². The molecule has 0 radical (unpaired) electrons. The summed E-state index contributed by atoms with van der Waals surface area (Å²) in [6.45, 7) is 7.76. The molecule has 0 spiro atoms. The molecule has 4 aromatic rings. The Morgan fingerprint density at radius 3 is 2.39 bits per heavy atom. The number of hydrogen-bond acceptors (Lipinski definition) is 6. The molecule has 5 rings (SSSR count). The lowest BCUT2D eigenvalue weighted by Gasteiger charge is -2.35. The van der Waals surface area contributed by atoms with E-state index in [1.165, 1.54) is 0 Å². The van der Waals surface area contributed by atoms with Gasteiger partial charge in [0.05, 0.1) is 30.5 Å². The second-order valence-corrected chi connectivity index (χ2v) is 9.22. The van der Waals surface area contributed by atoms with E-state index in [0.29, 0.717) is 65.5 Å². The van der Waals surface area contributed by atoms with Gasteiger partial charge in [0.25, 0.3) is 11.8 Å². The first-order valence-corrected chi connectivity index (χ1v) is 12.0. The predicted octanol–water partition coefficient (Wildman–Crippen LogP) is 4.19. The molecule has 9 heteroatoms. The first-order chi connectivity index (χ1) is 17.4. The number of aromatic nitrogens is 3. The Bertz CT molecular complexity index is 1420. The summed E-state index contributed by atoms with van der Waals surface area (Å²) < 4.78 is 12.7. The van der Waals surface area contributed by atoms with Crippen LogP contribution in [0.25, 0.3) is 22.5 Å². The molecule has 0 bridgehead atoms. The number of carbonyl (C=O) groups excluding carboxylic acids is 2. The summed E-state index contributed by atoms with van der Waals surface area (Å²) in [5.41, 5.74) is 3.31. The Morgan fingerprint density at radius 2 is 1.75 bits per heavy atom. The summed E-state index contributed by atoms with van der Waals surface area (Å²) in [6.07, 6.45) is 3.29. The third-order valence-corrected chi connectivity index (χ3v) is 6.57. The van der Waals surface area contributed by atoms with Gasteiger partial charge in [0, 0.05) is 37.8 Å². The van der Waals surface area contributed by atoms with Gasteiger partial charge >= 0.3 is 0 Å². The molecular weight excluding hydrogens is 458 g/mol. The highest BCUT2D eigenvalue weighted by Gasteiger charge is 2.28. The predicted molar refractivity (Wildman–Crippen MR) is 135 cm³/mol. The fourth-order valence-electron chi connectivity index (χ4n) is 4.54. The molecule has 1 aromatic carbocycles. The topological polar surface area (TPSA) is 93.7 Å².